The highest BCUT2D eigenvalue weighted by Gasteiger charge is 2.25. The Labute approximate surface area is 69.7 Å². The van der Waals surface area contributed by atoms with Crippen LogP contribution in [0.25, 0.3) is 0 Å². The molecule has 0 spiro atoms. The summed E-state index contributed by atoms with van der Waals surface area (Å²) in [5.41, 5.74) is 5.30. The first kappa shape index (κ1) is 11.3. The zero-order valence-corrected chi connectivity index (χ0v) is 6.99. The van der Waals surface area contributed by atoms with Crippen LogP contribution in [0.1, 0.15) is 26.2 Å². The molecule has 0 aliphatic heterocycles. The number of amidine groups is 1. The van der Waals surface area contributed by atoms with E-state index in [-0.39, 0.29) is 6.54 Å². The van der Waals surface area contributed by atoms with Gasteiger partial charge in [0.2, 0.25) is 0 Å². The highest BCUT2D eigenvalue weighted by Crippen LogP contribution is 2.18. The maximum Gasteiger partial charge on any atom is 0.390 e. The first-order valence-corrected chi connectivity index (χ1v) is 3.81. The van der Waals surface area contributed by atoms with E-state index in [2.05, 4.69) is 4.99 Å². The van der Waals surface area contributed by atoms with Crippen molar-refractivity contribution in [3.63, 3.8) is 0 Å². The lowest BCUT2D eigenvalue weighted by molar-refractivity contribution is -0.132. The Morgan fingerprint density at radius 3 is 2.42 bits per heavy atom. The minimum atomic E-state index is -4.13. The van der Waals surface area contributed by atoms with E-state index in [9.17, 15) is 13.2 Å². The second-order valence-electron chi connectivity index (χ2n) is 2.49. The Kier molecular flexibility index (Phi) is 4.70. The van der Waals surface area contributed by atoms with E-state index < -0.39 is 12.6 Å². The largest absolute Gasteiger partial charge is 0.390 e. The third kappa shape index (κ3) is 7.37. The molecule has 0 aromatic carbocycles. The molecule has 0 radical (unpaired) electrons. The quantitative estimate of drug-likeness (QED) is 0.524. The van der Waals surface area contributed by atoms with E-state index in [4.69, 9.17) is 5.73 Å². The first-order chi connectivity index (χ1) is 5.45. The highest BCUT2D eigenvalue weighted by atomic mass is 19.4. The van der Waals surface area contributed by atoms with Crippen molar-refractivity contribution in [2.45, 2.75) is 32.4 Å². The van der Waals surface area contributed by atoms with Crippen LogP contribution in [0.15, 0.2) is 4.99 Å². The van der Waals surface area contributed by atoms with Crippen LogP contribution in [0, 0.1) is 0 Å². The monoisotopic (exact) mass is 182 g/mol. The van der Waals surface area contributed by atoms with Crippen molar-refractivity contribution in [1.82, 2.24) is 0 Å². The summed E-state index contributed by atoms with van der Waals surface area (Å²) in [5, 5.41) is 0. The molecule has 0 unspecified atom stereocenters. The molecule has 0 saturated carbocycles. The predicted octanol–water partition coefficient (Wildman–Crippen LogP) is 2.10. The maximum atomic E-state index is 11.6. The van der Waals surface area contributed by atoms with Crippen molar-refractivity contribution >= 4 is 5.84 Å². The second kappa shape index (κ2) is 5.00. The Morgan fingerprint density at radius 1 is 1.42 bits per heavy atom. The average molecular weight is 182 g/mol. The Bertz CT molecular complexity index is 151. The lowest BCUT2D eigenvalue weighted by Gasteiger charge is -2.03. The van der Waals surface area contributed by atoms with Gasteiger partial charge in [0.1, 0.15) is 0 Å². The van der Waals surface area contributed by atoms with E-state index in [0.717, 1.165) is 6.42 Å². The van der Waals surface area contributed by atoms with Crippen LogP contribution in [0.5, 0.6) is 0 Å². The van der Waals surface area contributed by atoms with E-state index in [0.29, 0.717) is 12.3 Å². The van der Waals surface area contributed by atoms with E-state index >= 15 is 0 Å². The minimum Gasteiger partial charge on any atom is -0.387 e. The van der Waals surface area contributed by atoms with Gasteiger partial charge in [-0.05, 0) is 6.42 Å². The molecule has 0 bridgehead atoms. The Hall–Kier alpha value is -0.740. The molecule has 0 saturated heterocycles. The van der Waals surface area contributed by atoms with E-state index in [1.165, 1.54) is 0 Å². The number of hydrogen-bond donors (Lipinski definition) is 1. The maximum absolute atomic E-state index is 11.6. The summed E-state index contributed by atoms with van der Waals surface area (Å²) in [5.74, 6) is 0.307. The molecule has 0 heterocycles. The van der Waals surface area contributed by atoms with E-state index in [1.54, 1.807) is 0 Å². The lowest BCUT2D eigenvalue weighted by atomic mass is 10.3. The van der Waals surface area contributed by atoms with Gasteiger partial charge < -0.3 is 5.73 Å². The molecule has 0 atom stereocenters. The van der Waals surface area contributed by atoms with Crippen LogP contribution in [-0.4, -0.2) is 18.6 Å². The summed E-state index contributed by atoms with van der Waals surface area (Å²) >= 11 is 0. The molecular formula is C7H13F3N2. The van der Waals surface area contributed by atoms with Gasteiger partial charge in [0.05, 0.1) is 12.3 Å². The van der Waals surface area contributed by atoms with Gasteiger partial charge in [-0.1, -0.05) is 6.92 Å². The minimum absolute atomic E-state index is 0.255. The van der Waals surface area contributed by atoms with Crippen molar-refractivity contribution < 1.29 is 13.2 Å². The highest BCUT2D eigenvalue weighted by molar-refractivity contribution is 5.80. The zero-order valence-electron chi connectivity index (χ0n) is 6.99. The van der Waals surface area contributed by atoms with Gasteiger partial charge in [-0.2, -0.15) is 13.2 Å². The van der Waals surface area contributed by atoms with Crippen molar-refractivity contribution in [3.05, 3.63) is 0 Å². The zero-order chi connectivity index (χ0) is 9.61. The first-order valence-electron chi connectivity index (χ1n) is 3.81. The van der Waals surface area contributed by atoms with Crippen LogP contribution in [-0.2, 0) is 0 Å². The molecule has 72 valence electrons. The fourth-order valence-electron chi connectivity index (χ4n) is 0.661. The molecular weight excluding hydrogens is 169 g/mol. The van der Waals surface area contributed by atoms with Gasteiger partial charge in [0.25, 0.3) is 0 Å². The average Bonchev–Trinajstić information content (AvgIpc) is 1.84. The fourth-order valence-corrected chi connectivity index (χ4v) is 0.661. The van der Waals surface area contributed by atoms with Crippen LogP contribution >= 0.6 is 0 Å². The molecule has 2 N–H and O–H groups in total. The molecule has 0 aliphatic rings. The van der Waals surface area contributed by atoms with Crippen molar-refractivity contribution in [2.24, 2.45) is 10.7 Å². The SMILES string of the molecule is CCCC(N)=NCCC(F)(F)F. The number of hydrogen-bond acceptors (Lipinski definition) is 1. The smallest absolute Gasteiger partial charge is 0.387 e. The Balaban J connectivity index is 3.60. The molecule has 12 heavy (non-hydrogen) atoms. The van der Waals surface area contributed by atoms with Crippen molar-refractivity contribution in [1.29, 1.82) is 0 Å². The fraction of sp³-hybridized carbons (Fsp3) is 0.857. The molecule has 0 rings (SSSR count). The third-order valence-electron chi connectivity index (χ3n) is 1.22. The predicted molar refractivity (Wildman–Crippen MR) is 42.1 cm³/mol. The number of rotatable bonds is 4. The molecule has 5 heteroatoms. The van der Waals surface area contributed by atoms with Crippen LogP contribution in [0.2, 0.25) is 0 Å². The molecule has 0 aliphatic carbocycles. The molecule has 0 fully saturated rings. The van der Waals surface area contributed by atoms with Crippen molar-refractivity contribution in [3.8, 4) is 0 Å². The van der Waals surface area contributed by atoms with Crippen LogP contribution in [0.3, 0.4) is 0 Å². The standard InChI is InChI=1S/C7H13F3N2/c1-2-3-6(11)12-5-4-7(8,9)10/h2-5H2,1H3,(H2,11,12). The summed E-state index contributed by atoms with van der Waals surface area (Å²) in [7, 11) is 0. The van der Waals surface area contributed by atoms with Gasteiger partial charge in [-0.15, -0.1) is 0 Å². The summed E-state index contributed by atoms with van der Waals surface area (Å²) in [6.07, 6.45) is -3.65. The van der Waals surface area contributed by atoms with Gasteiger partial charge >= 0.3 is 6.18 Å². The number of aliphatic imine (C=N–C) groups is 1. The van der Waals surface area contributed by atoms with Gasteiger partial charge in [-0.25, -0.2) is 0 Å². The summed E-state index contributed by atoms with van der Waals surface area (Å²) in [6.45, 7) is 1.64. The number of nitrogens with zero attached hydrogens (tertiary/aromatic N) is 1. The van der Waals surface area contributed by atoms with E-state index in [1.807, 2.05) is 6.92 Å². The molecule has 0 aromatic rings. The normalized spacial score (nSPS) is 13.5. The third-order valence-corrected chi connectivity index (χ3v) is 1.22. The molecule has 0 amide bonds. The number of nitrogens with two attached hydrogens (primary N) is 1. The van der Waals surface area contributed by atoms with Crippen molar-refractivity contribution in [2.75, 3.05) is 6.54 Å². The number of halogens is 3. The van der Waals surface area contributed by atoms with Gasteiger partial charge in [0.15, 0.2) is 0 Å². The van der Waals surface area contributed by atoms with Crippen LogP contribution in [0.4, 0.5) is 13.2 Å². The summed E-state index contributed by atoms with van der Waals surface area (Å²) in [6, 6.07) is 0. The van der Waals surface area contributed by atoms with Crippen LogP contribution < -0.4 is 5.73 Å². The second-order valence-corrected chi connectivity index (χ2v) is 2.49. The van der Waals surface area contributed by atoms with Gasteiger partial charge in [-0.3, -0.25) is 4.99 Å². The lowest BCUT2D eigenvalue weighted by Crippen LogP contribution is -2.14. The van der Waals surface area contributed by atoms with Gasteiger partial charge in [0, 0.05) is 13.0 Å². The molecule has 0 aromatic heterocycles. The Morgan fingerprint density at radius 2 is 2.00 bits per heavy atom. The number of alkyl halides is 3. The summed E-state index contributed by atoms with van der Waals surface area (Å²) in [4.78, 5) is 3.57. The summed E-state index contributed by atoms with van der Waals surface area (Å²) < 4.78 is 34.7. The topological polar surface area (TPSA) is 38.4 Å². The molecule has 2 nitrogen and oxygen atoms in total.